The second kappa shape index (κ2) is 5.32. The highest BCUT2D eigenvalue weighted by atomic mass is 16.7. The Morgan fingerprint density at radius 2 is 2.04 bits per heavy atom. The van der Waals surface area contributed by atoms with Crippen LogP contribution in [-0.4, -0.2) is 41.2 Å². The summed E-state index contributed by atoms with van der Waals surface area (Å²) in [5, 5.41) is 22.5. The zero-order valence-corrected chi connectivity index (χ0v) is 13.9. The van der Waals surface area contributed by atoms with Gasteiger partial charge in [-0.15, -0.1) is 0 Å². The predicted molar refractivity (Wildman–Crippen MR) is 84.7 cm³/mol. The number of ether oxygens (including phenoxy) is 3. The average molecular weight is 333 g/mol. The van der Waals surface area contributed by atoms with Gasteiger partial charge in [-0.3, -0.25) is 9.78 Å². The van der Waals surface area contributed by atoms with E-state index in [1.54, 1.807) is 19.1 Å². The van der Waals surface area contributed by atoms with E-state index in [1.807, 2.05) is 0 Å². The number of aryl methyl sites for hydroxylation is 1. The number of esters is 1. The number of aromatic hydroxyl groups is 1. The highest BCUT2D eigenvalue weighted by Gasteiger charge is 2.57. The molecule has 0 aliphatic carbocycles. The molecule has 0 spiro atoms. The first-order valence-electron chi connectivity index (χ1n) is 7.42. The molecule has 2 heterocycles. The number of nitrogens with zero attached hydrogens (tertiary/aromatic N) is 1. The fourth-order valence-electron chi connectivity index (χ4n) is 3.10. The third-order valence-corrected chi connectivity index (χ3v) is 4.47. The highest BCUT2D eigenvalue weighted by molar-refractivity contribution is 5.94. The van der Waals surface area contributed by atoms with E-state index in [1.165, 1.54) is 27.2 Å². The van der Waals surface area contributed by atoms with Gasteiger partial charge < -0.3 is 24.4 Å². The molecule has 0 radical (unpaired) electrons. The number of hydrogen-bond acceptors (Lipinski definition) is 7. The minimum absolute atomic E-state index is 0.0194. The Bertz CT molecular complexity index is 830. The van der Waals surface area contributed by atoms with Crippen LogP contribution < -0.4 is 4.74 Å². The average Bonchev–Trinajstić information content (AvgIpc) is 2.51. The van der Waals surface area contributed by atoms with Gasteiger partial charge in [0.25, 0.3) is 0 Å². The van der Waals surface area contributed by atoms with Crippen molar-refractivity contribution in [3.8, 4) is 11.5 Å². The first kappa shape index (κ1) is 16.5. The summed E-state index contributed by atoms with van der Waals surface area (Å²) < 4.78 is 16.0. The summed E-state index contributed by atoms with van der Waals surface area (Å²) in [5.74, 6) is -1.87. The van der Waals surface area contributed by atoms with Crippen LogP contribution >= 0.6 is 0 Å². The summed E-state index contributed by atoms with van der Waals surface area (Å²) in [6.45, 7) is 3.27. The smallest absolute Gasteiger partial charge is 0.309 e. The Kier molecular flexibility index (Phi) is 3.65. The van der Waals surface area contributed by atoms with E-state index in [0.29, 0.717) is 22.2 Å². The van der Waals surface area contributed by atoms with Crippen LogP contribution in [0.5, 0.6) is 11.5 Å². The zero-order chi connectivity index (χ0) is 17.7. The summed E-state index contributed by atoms with van der Waals surface area (Å²) >= 11 is 0. The standard InChI is InChI=1S/C17H19NO6/c1-9-5-10-6-11(19)7-12-14(10)15(18-9)17(21,8-13(20)22-3)16(2,23-4)24-12/h5-7,19,21H,8H2,1-4H3. The number of hydrogen-bond donors (Lipinski definition) is 2. The van der Waals surface area contributed by atoms with Gasteiger partial charge in [0, 0.05) is 31.2 Å². The lowest BCUT2D eigenvalue weighted by atomic mass is 9.81. The maximum Gasteiger partial charge on any atom is 0.309 e. The molecule has 128 valence electrons. The Hall–Kier alpha value is -2.38. The maximum absolute atomic E-state index is 11.9. The Morgan fingerprint density at radius 1 is 1.33 bits per heavy atom. The van der Waals surface area contributed by atoms with Gasteiger partial charge in [-0.25, -0.2) is 0 Å². The van der Waals surface area contributed by atoms with Crippen LogP contribution in [0.2, 0.25) is 0 Å². The SMILES string of the molecule is COC(=O)CC1(O)c2nc(C)cc3cc(O)cc(c23)OC1(C)OC. The van der Waals surface area contributed by atoms with Gasteiger partial charge in [-0.2, -0.15) is 0 Å². The molecule has 0 saturated carbocycles. The Morgan fingerprint density at radius 3 is 2.67 bits per heavy atom. The minimum atomic E-state index is -1.86. The molecule has 2 unspecified atom stereocenters. The van der Waals surface area contributed by atoms with Gasteiger partial charge in [-0.05, 0) is 24.4 Å². The van der Waals surface area contributed by atoms with Crippen molar-refractivity contribution in [2.24, 2.45) is 0 Å². The van der Waals surface area contributed by atoms with Gasteiger partial charge in [0.15, 0.2) is 5.60 Å². The van der Waals surface area contributed by atoms with E-state index in [0.717, 1.165) is 0 Å². The molecule has 2 aromatic rings. The van der Waals surface area contributed by atoms with Gasteiger partial charge in [0.1, 0.15) is 11.5 Å². The predicted octanol–water partition coefficient (Wildman–Crippen LogP) is 1.75. The van der Waals surface area contributed by atoms with E-state index in [9.17, 15) is 15.0 Å². The van der Waals surface area contributed by atoms with Crippen LogP contribution in [0.1, 0.15) is 24.7 Å². The number of carbonyl (C=O) groups is 1. The zero-order valence-electron chi connectivity index (χ0n) is 13.9. The molecule has 0 amide bonds. The molecular formula is C17H19NO6. The lowest BCUT2D eigenvalue weighted by Crippen LogP contribution is -2.58. The van der Waals surface area contributed by atoms with Gasteiger partial charge in [0.2, 0.25) is 5.79 Å². The number of phenolic OH excluding ortho intramolecular Hbond substituents is 1. The largest absolute Gasteiger partial charge is 0.508 e. The molecule has 0 saturated heterocycles. The number of aliphatic hydroxyl groups is 1. The molecule has 1 aromatic heterocycles. The van der Waals surface area contributed by atoms with Crippen LogP contribution in [0, 0.1) is 6.92 Å². The molecular weight excluding hydrogens is 314 g/mol. The Labute approximate surface area is 138 Å². The van der Waals surface area contributed by atoms with Crippen molar-refractivity contribution < 1.29 is 29.2 Å². The van der Waals surface area contributed by atoms with Crippen molar-refractivity contribution in [3.05, 3.63) is 29.6 Å². The van der Waals surface area contributed by atoms with Crippen molar-refractivity contribution in [1.29, 1.82) is 0 Å². The molecule has 1 aliphatic heterocycles. The van der Waals surface area contributed by atoms with Crippen LogP contribution in [0.4, 0.5) is 0 Å². The van der Waals surface area contributed by atoms with E-state index in [2.05, 4.69) is 4.98 Å². The highest BCUT2D eigenvalue weighted by Crippen LogP contribution is 2.50. The number of aromatic nitrogens is 1. The number of benzene rings is 1. The minimum Gasteiger partial charge on any atom is -0.508 e. The normalized spacial score (nSPS) is 25.4. The van der Waals surface area contributed by atoms with Crippen LogP contribution in [0.25, 0.3) is 10.8 Å². The quantitative estimate of drug-likeness (QED) is 0.826. The molecule has 7 nitrogen and oxygen atoms in total. The number of phenols is 1. The van der Waals surface area contributed by atoms with Crippen molar-refractivity contribution in [1.82, 2.24) is 4.98 Å². The van der Waals surface area contributed by atoms with E-state index >= 15 is 0 Å². The molecule has 1 aliphatic rings. The molecule has 0 bridgehead atoms. The topological polar surface area (TPSA) is 98.1 Å². The third kappa shape index (κ3) is 2.20. The van der Waals surface area contributed by atoms with Crippen LogP contribution in [0.3, 0.4) is 0 Å². The fourth-order valence-corrected chi connectivity index (χ4v) is 3.10. The summed E-state index contributed by atoms with van der Waals surface area (Å²) in [4.78, 5) is 16.3. The van der Waals surface area contributed by atoms with Crippen molar-refractivity contribution in [3.63, 3.8) is 0 Å². The van der Waals surface area contributed by atoms with E-state index in [4.69, 9.17) is 14.2 Å². The number of carbonyl (C=O) groups excluding carboxylic acids is 1. The van der Waals surface area contributed by atoms with Gasteiger partial charge >= 0.3 is 5.97 Å². The second-order valence-corrected chi connectivity index (χ2v) is 6.02. The monoisotopic (exact) mass is 333 g/mol. The summed E-state index contributed by atoms with van der Waals surface area (Å²) in [5.41, 5.74) is -0.977. The van der Waals surface area contributed by atoms with Gasteiger partial charge in [-0.1, -0.05) is 0 Å². The van der Waals surface area contributed by atoms with E-state index < -0.39 is 17.4 Å². The van der Waals surface area contributed by atoms with Crippen molar-refractivity contribution >= 4 is 16.7 Å². The molecule has 7 heteroatoms. The molecule has 3 rings (SSSR count). The third-order valence-electron chi connectivity index (χ3n) is 4.47. The summed E-state index contributed by atoms with van der Waals surface area (Å²) in [7, 11) is 2.60. The van der Waals surface area contributed by atoms with Crippen LogP contribution in [-0.2, 0) is 19.9 Å². The number of pyridine rings is 1. The molecule has 2 N–H and O–H groups in total. The molecule has 0 fully saturated rings. The van der Waals surface area contributed by atoms with E-state index in [-0.39, 0.29) is 17.9 Å². The number of methoxy groups -OCH3 is 2. The Balaban J connectivity index is 2.37. The lowest BCUT2D eigenvalue weighted by molar-refractivity contribution is -0.274. The van der Waals surface area contributed by atoms with Gasteiger partial charge in [0.05, 0.1) is 19.2 Å². The summed E-state index contributed by atoms with van der Waals surface area (Å²) in [6, 6.07) is 4.74. The molecule has 24 heavy (non-hydrogen) atoms. The fraction of sp³-hybridized carbons (Fsp3) is 0.412. The summed E-state index contributed by atoms with van der Waals surface area (Å²) in [6.07, 6.45) is -0.389. The molecule has 1 aromatic carbocycles. The van der Waals surface area contributed by atoms with Crippen molar-refractivity contribution in [2.45, 2.75) is 31.7 Å². The lowest BCUT2D eigenvalue weighted by Gasteiger charge is -2.46. The number of rotatable bonds is 3. The van der Waals surface area contributed by atoms with Crippen molar-refractivity contribution in [2.75, 3.05) is 14.2 Å². The van der Waals surface area contributed by atoms with Crippen LogP contribution in [0.15, 0.2) is 18.2 Å². The second-order valence-electron chi connectivity index (χ2n) is 6.02. The first-order chi connectivity index (χ1) is 11.2. The maximum atomic E-state index is 11.9. The molecule has 2 atom stereocenters. The first-order valence-corrected chi connectivity index (χ1v) is 7.42.